The Kier molecular flexibility index (Phi) is 14.4. The molecule has 2 aliphatic heterocycles. The van der Waals surface area contributed by atoms with E-state index in [0.717, 1.165) is 37.2 Å². The van der Waals surface area contributed by atoms with Crippen LogP contribution in [0.3, 0.4) is 0 Å². The van der Waals surface area contributed by atoms with E-state index < -0.39 is 77.3 Å². The van der Waals surface area contributed by atoms with Crippen molar-refractivity contribution in [2.45, 2.75) is 139 Å². The van der Waals surface area contributed by atoms with Crippen molar-refractivity contribution < 1.29 is 32.4 Å². The van der Waals surface area contributed by atoms with Crippen LogP contribution in [0.15, 0.2) is 12.7 Å². The number of carbonyl (C=O) groups is 5. The third-order valence-corrected chi connectivity index (χ3v) is 15.8. The second kappa shape index (κ2) is 17.0. The second-order valence-electron chi connectivity index (χ2n) is 16.0. The summed E-state index contributed by atoms with van der Waals surface area (Å²) in [6, 6.07) is -3.67. The summed E-state index contributed by atoms with van der Waals surface area (Å²) in [6.45, 7) is 16.3. The van der Waals surface area contributed by atoms with Gasteiger partial charge in [0.15, 0.2) is 9.84 Å². The number of thioether (sulfide) groups is 2. The fourth-order valence-electron chi connectivity index (χ4n) is 6.70. The molecule has 1 saturated carbocycles. The van der Waals surface area contributed by atoms with Gasteiger partial charge >= 0.3 is 6.03 Å². The summed E-state index contributed by atoms with van der Waals surface area (Å²) in [7, 11) is -3.57. The standard InChI is InChI=1S/C35H59N5O7S3/c1-9-15-24(26(41)29(43)36-18-10-2)37-28(42)25-21-35(48-19-14-20-49-35)22-40(25)30(44)27(32(3,4)5)38-31(45)39-34(16-12-11-13-17-34)23-50(46,47)33(6,7)8/h10,24-25,27H,2,9,11-23H2,1,3-8H3,(H,36,43)(H,37,42)(H2,38,39,45)/t24-,25-,27+/m0/s1. The first-order valence-electron chi connectivity index (χ1n) is 17.8. The third-order valence-electron chi connectivity index (χ3n) is 9.71. The van der Waals surface area contributed by atoms with E-state index in [2.05, 4.69) is 27.8 Å². The van der Waals surface area contributed by atoms with Crippen LogP contribution < -0.4 is 21.3 Å². The van der Waals surface area contributed by atoms with Crippen LogP contribution in [-0.4, -0.2) is 106 Å². The monoisotopic (exact) mass is 757 g/mol. The molecule has 0 unspecified atom stereocenters. The van der Waals surface area contributed by atoms with E-state index in [4.69, 9.17) is 0 Å². The first-order chi connectivity index (χ1) is 23.2. The Hall–Kier alpha value is -2.26. The van der Waals surface area contributed by atoms with Gasteiger partial charge in [-0.2, -0.15) is 0 Å². The lowest BCUT2D eigenvalue weighted by Gasteiger charge is -2.41. The van der Waals surface area contributed by atoms with Gasteiger partial charge in [-0.25, -0.2) is 13.2 Å². The highest BCUT2D eigenvalue weighted by Crippen LogP contribution is 2.50. The van der Waals surface area contributed by atoms with Crippen LogP contribution in [0.1, 0.15) is 106 Å². The van der Waals surface area contributed by atoms with Crippen molar-refractivity contribution in [1.82, 2.24) is 26.2 Å². The molecule has 2 saturated heterocycles. The SMILES string of the molecule is C=CCNC(=O)C(=O)[C@H](CCC)NC(=O)[C@@H]1CC2(CN1C(=O)[C@@H](NC(=O)NC1(CS(=O)(=O)C(C)(C)C)CCCCC1)C(C)(C)C)SCCCS2. The molecule has 0 aromatic heterocycles. The van der Waals surface area contributed by atoms with Gasteiger partial charge in [-0.05, 0) is 63.4 Å². The fraction of sp³-hybridized carbons (Fsp3) is 0.800. The topological polar surface area (TPSA) is 171 Å². The lowest BCUT2D eigenvalue weighted by Crippen LogP contribution is -2.63. The number of carbonyl (C=O) groups excluding carboxylic acids is 5. The molecule has 1 spiro atoms. The summed E-state index contributed by atoms with van der Waals surface area (Å²) in [5.41, 5.74) is -1.74. The zero-order chi connectivity index (χ0) is 37.5. The maximum Gasteiger partial charge on any atom is 0.315 e. The highest BCUT2D eigenvalue weighted by Gasteiger charge is 2.53. The molecule has 5 amide bonds. The van der Waals surface area contributed by atoms with Crippen LogP contribution in [0.25, 0.3) is 0 Å². The Morgan fingerprint density at radius 3 is 2.12 bits per heavy atom. The van der Waals surface area contributed by atoms with E-state index in [1.807, 2.05) is 27.7 Å². The highest BCUT2D eigenvalue weighted by atomic mass is 32.2. The number of nitrogens with zero attached hydrogens (tertiary/aromatic N) is 1. The number of urea groups is 1. The van der Waals surface area contributed by atoms with E-state index >= 15 is 0 Å². The van der Waals surface area contributed by atoms with E-state index in [-0.39, 0.29) is 25.3 Å². The van der Waals surface area contributed by atoms with Gasteiger partial charge in [0.05, 0.1) is 26.2 Å². The summed E-state index contributed by atoms with van der Waals surface area (Å²) in [4.78, 5) is 69.6. The van der Waals surface area contributed by atoms with Gasteiger partial charge in [0, 0.05) is 19.5 Å². The molecule has 3 fully saturated rings. The summed E-state index contributed by atoms with van der Waals surface area (Å²) < 4.78 is 25.3. The first kappa shape index (κ1) is 42.2. The number of nitrogens with one attached hydrogen (secondary N) is 4. The van der Waals surface area contributed by atoms with Crippen molar-refractivity contribution in [3.05, 3.63) is 12.7 Å². The molecule has 2 heterocycles. The maximum atomic E-state index is 14.6. The molecule has 284 valence electrons. The van der Waals surface area contributed by atoms with E-state index in [1.165, 1.54) is 11.0 Å². The average molecular weight is 758 g/mol. The molecule has 3 atom stereocenters. The molecule has 0 radical (unpaired) electrons. The van der Waals surface area contributed by atoms with Crippen LogP contribution in [0, 0.1) is 5.41 Å². The molecule has 0 aromatic rings. The number of Topliss-reactive ketones (excluding diaryl/α,β-unsaturated/α-hetero) is 1. The van der Waals surface area contributed by atoms with Crippen molar-refractivity contribution in [2.75, 3.05) is 30.3 Å². The van der Waals surface area contributed by atoms with E-state index in [0.29, 0.717) is 25.7 Å². The number of rotatable bonds is 13. The minimum Gasteiger partial charge on any atom is -0.346 e. The predicted molar refractivity (Wildman–Crippen MR) is 202 cm³/mol. The van der Waals surface area contributed by atoms with Crippen molar-refractivity contribution in [1.29, 1.82) is 0 Å². The second-order valence-corrected chi connectivity index (χ2v) is 21.9. The van der Waals surface area contributed by atoms with Crippen molar-refractivity contribution in [3.8, 4) is 0 Å². The van der Waals surface area contributed by atoms with Gasteiger partial charge in [0.25, 0.3) is 5.91 Å². The molecule has 12 nitrogen and oxygen atoms in total. The first-order valence-corrected chi connectivity index (χ1v) is 21.4. The molecule has 0 aromatic carbocycles. The van der Waals surface area contributed by atoms with E-state index in [1.54, 1.807) is 44.3 Å². The number of likely N-dealkylation sites (tertiary alicyclic amines) is 1. The normalized spacial score (nSPS) is 21.8. The number of hydrogen-bond acceptors (Lipinski definition) is 9. The van der Waals surface area contributed by atoms with Gasteiger partial charge in [-0.15, -0.1) is 30.1 Å². The van der Waals surface area contributed by atoms with Crippen molar-refractivity contribution >= 4 is 62.9 Å². The van der Waals surface area contributed by atoms with E-state index in [9.17, 15) is 32.4 Å². The van der Waals surface area contributed by atoms with Crippen LogP contribution in [0.4, 0.5) is 4.79 Å². The summed E-state index contributed by atoms with van der Waals surface area (Å²) >= 11 is 3.44. The molecule has 50 heavy (non-hydrogen) atoms. The summed E-state index contributed by atoms with van der Waals surface area (Å²) in [5, 5.41) is 11.2. The number of sulfone groups is 1. The minimum absolute atomic E-state index is 0.113. The Morgan fingerprint density at radius 1 is 0.960 bits per heavy atom. The van der Waals surface area contributed by atoms with Gasteiger partial charge in [0.1, 0.15) is 12.1 Å². The lowest BCUT2D eigenvalue weighted by atomic mass is 9.83. The van der Waals surface area contributed by atoms with Gasteiger partial charge < -0.3 is 26.2 Å². The average Bonchev–Trinajstić information content (AvgIpc) is 3.39. The third kappa shape index (κ3) is 10.6. The Morgan fingerprint density at radius 2 is 1.58 bits per heavy atom. The molecule has 4 N–H and O–H groups in total. The van der Waals surface area contributed by atoms with Gasteiger partial charge in [-0.3, -0.25) is 19.2 Å². The summed E-state index contributed by atoms with van der Waals surface area (Å²) in [5.74, 6) is -0.953. The lowest BCUT2D eigenvalue weighted by molar-refractivity contribution is -0.143. The maximum absolute atomic E-state index is 14.6. The smallest absolute Gasteiger partial charge is 0.315 e. The number of ketones is 1. The fourth-order valence-corrected chi connectivity index (χ4v) is 11.6. The van der Waals surface area contributed by atoms with Crippen molar-refractivity contribution in [3.63, 3.8) is 0 Å². The number of hydrogen-bond donors (Lipinski definition) is 4. The largest absolute Gasteiger partial charge is 0.346 e. The van der Waals surface area contributed by atoms with Crippen LogP contribution in [-0.2, 0) is 29.0 Å². The number of amides is 5. The van der Waals surface area contributed by atoms with Gasteiger partial charge in [-0.1, -0.05) is 59.5 Å². The molecule has 15 heteroatoms. The Bertz CT molecular complexity index is 1380. The Labute approximate surface area is 307 Å². The van der Waals surface area contributed by atoms with Crippen molar-refractivity contribution in [2.24, 2.45) is 5.41 Å². The quantitative estimate of drug-likeness (QED) is 0.161. The molecule has 3 rings (SSSR count). The zero-order valence-corrected chi connectivity index (χ0v) is 33.4. The zero-order valence-electron chi connectivity index (χ0n) is 30.9. The predicted octanol–water partition coefficient (Wildman–Crippen LogP) is 3.94. The van der Waals surface area contributed by atoms with Crippen LogP contribution in [0.2, 0.25) is 0 Å². The van der Waals surface area contributed by atoms with Crippen LogP contribution >= 0.6 is 23.5 Å². The molecular formula is C35H59N5O7S3. The summed E-state index contributed by atoms with van der Waals surface area (Å²) in [6.07, 6.45) is 7.14. The minimum atomic E-state index is -3.57. The molecular weight excluding hydrogens is 699 g/mol. The van der Waals surface area contributed by atoms with Gasteiger partial charge in [0.2, 0.25) is 17.6 Å². The Balaban J connectivity index is 1.90. The molecule has 3 aliphatic rings. The highest BCUT2D eigenvalue weighted by molar-refractivity contribution is 8.18. The molecule has 1 aliphatic carbocycles. The molecule has 0 bridgehead atoms. The van der Waals surface area contributed by atoms with Crippen LogP contribution in [0.5, 0.6) is 0 Å².